The minimum atomic E-state index is 0.278. The smallest absolute Gasteiger partial charge is 0.172 e. The topological polar surface area (TPSA) is 47.8 Å². The number of hydrogen-bond donors (Lipinski definition) is 0. The van der Waals surface area contributed by atoms with Crippen molar-refractivity contribution in [3.05, 3.63) is 47.6 Å². The molecule has 86 valence electrons. The molecule has 1 heterocycles. The number of allylic oxidation sites excluding steroid dienone is 1. The molecule has 0 N–H and O–H groups in total. The second-order valence-electron chi connectivity index (χ2n) is 3.39. The maximum absolute atomic E-state index is 10.9. The monoisotopic (exact) mass is 247 g/mol. The number of carbonyl (C=O) groups is 1. The van der Waals surface area contributed by atoms with Crippen molar-refractivity contribution in [2.24, 2.45) is 0 Å². The molecule has 0 aliphatic rings. The van der Waals surface area contributed by atoms with E-state index < -0.39 is 0 Å². The summed E-state index contributed by atoms with van der Waals surface area (Å²) in [6, 6.07) is 7.26. The largest absolute Gasteiger partial charge is 0.296 e. The van der Waals surface area contributed by atoms with E-state index in [9.17, 15) is 4.79 Å². The predicted molar refractivity (Wildman–Crippen MR) is 66.1 cm³/mol. The zero-order chi connectivity index (χ0) is 12.3. The molecule has 5 heteroatoms. The van der Waals surface area contributed by atoms with Crippen LogP contribution in [0.2, 0.25) is 5.02 Å². The SMILES string of the molecule is C=CCn1nnc(C=O)c1-c1ccccc1Cl. The Hall–Kier alpha value is -1.94. The Balaban J connectivity index is 2.64. The van der Waals surface area contributed by atoms with Crippen LogP contribution in [-0.4, -0.2) is 21.3 Å². The third-order valence-electron chi connectivity index (χ3n) is 2.30. The van der Waals surface area contributed by atoms with E-state index in [1.54, 1.807) is 16.8 Å². The van der Waals surface area contributed by atoms with E-state index in [0.29, 0.717) is 23.5 Å². The molecule has 0 aliphatic heterocycles. The third-order valence-corrected chi connectivity index (χ3v) is 2.63. The molecule has 0 radical (unpaired) electrons. The quantitative estimate of drug-likeness (QED) is 0.616. The number of aldehydes is 1. The standard InChI is InChI=1S/C12H10ClN3O/c1-2-7-16-12(11(8-17)14-15-16)9-5-3-4-6-10(9)13/h2-6,8H,1,7H2. The van der Waals surface area contributed by atoms with Gasteiger partial charge in [-0.1, -0.05) is 41.1 Å². The van der Waals surface area contributed by atoms with Crippen LogP contribution in [0.3, 0.4) is 0 Å². The maximum Gasteiger partial charge on any atom is 0.172 e. The summed E-state index contributed by atoms with van der Waals surface area (Å²) >= 11 is 6.11. The fraction of sp³-hybridized carbons (Fsp3) is 0.0833. The lowest BCUT2D eigenvalue weighted by Gasteiger charge is -2.06. The molecule has 0 saturated heterocycles. The van der Waals surface area contributed by atoms with Crippen LogP contribution in [0.25, 0.3) is 11.3 Å². The zero-order valence-corrected chi connectivity index (χ0v) is 9.76. The molecule has 0 unspecified atom stereocenters. The summed E-state index contributed by atoms with van der Waals surface area (Å²) < 4.78 is 1.60. The summed E-state index contributed by atoms with van der Waals surface area (Å²) in [6.07, 6.45) is 2.36. The summed E-state index contributed by atoms with van der Waals surface area (Å²) in [7, 11) is 0. The van der Waals surface area contributed by atoms with Crippen molar-refractivity contribution in [1.82, 2.24) is 15.0 Å². The third kappa shape index (κ3) is 2.12. The van der Waals surface area contributed by atoms with Crippen LogP contribution in [0.1, 0.15) is 10.5 Å². The van der Waals surface area contributed by atoms with Gasteiger partial charge in [0.05, 0.1) is 11.6 Å². The fourth-order valence-electron chi connectivity index (χ4n) is 1.59. The molecular weight excluding hydrogens is 238 g/mol. The molecule has 0 fully saturated rings. The number of carbonyl (C=O) groups excluding carboxylic acids is 1. The number of rotatable bonds is 4. The van der Waals surface area contributed by atoms with Gasteiger partial charge in [-0.15, -0.1) is 11.7 Å². The van der Waals surface area contributed by atoms with Crippen molar-refractivity contribution in [2.45, 2.75) is 6.54 Å². The van der Waals surface area contributed by atoms with E-state index in [1.165, 1.54) is 0 Å². The number of aromatic nitrogens is 3. The number of benzene rings is 1. The van der Waals surface area contributed by atoms with Crippen LogP contribution in [0, 0.1) is 0 Å². The minimum absolute atomic E-state index is 0.278. The second-order valence-corrected chi connectivity index (χ2v) is 3.80. The Morgan fingerprint density at radius 3 is 2.82 bits per heavy atom. The highest BCUT2D eigenvalue weighted by Crippen LogP contribution is 2.28. The van der Waals surface area contributed by atoms with Crippen LogP contribution in [0.15, 0.2) is 36.9 Å². The van der Waals surface area contributed by atoms with E-state index in [0.717, 1.165) is 5.56 Å². The van der Waals surface area contributed by atoms with Crippen LogP contribution in [-0.2, 0) is 6.54 Å². The molecule has 4 nitrogen and oxygen atoms in total. The van der Waals surface area contributed by atoms with Gasteiger partial charge in [-0.25, -0.2) is 4.68 Å². The van der Waals surface area contributed by atoms with E-state index in [-0.39, 0.29) is 5.69 Å². The van der Waals surface area contributed by atoms with Crippen molar-refractivity contribution in [3.63, 3.8) is 0 Å². The molecule has 0 amide bonds. The van der Waals surface area contributed by atoms with Gasteiger partial charge in [0.25, 0.3) is 0 Å². The van der Waals surface area contributed by atoms with Gasteiger partial charge >= 0.3 is 0 Å². The molecule has 0 aliphatic carbocycles. The Labute approximate surface area is 104 Å². The molecule has 2 rings (SSSR count). The average molecular weight is 248 g/mol. The van der Waals surface area contributed by atoms with Gasteiger partial charge in [-0.2, -0.15) is 0 Å². The number of nitrogens with zero attached hydrogens (tertiary/aromatic N) is 3. The van der Waals surface area contributed by atoms with Crippen LogP contribution in [0.4, 0.5) is 0 Å². The van der Waals surface area contributed by atoms with Gasteiger partial charge in [0.15, 0.2) is 12.0 Å². The maximum atomic E-state index is 10.9. The summed E-state index contributed by atoms with van der Waals surface area (Å²) in [5, 5.41) is 8.27. The summed E-state index contributed by atoms with van der Waals surface area (Å²) in [5.41, 5.74) is 1.63. The van der Waals surface area contributed by atoms with Crippen LogP contribution < -0.4 is 0 Å². The molecular formula is C12H10ClN3O. The van der Waals surface area contributed by atoms with Crippen molar-refractivity contribution in [2.75, 3.05) is 0 Å². The number of hydrogen-bond acceptors (Lipinski definition) is 3. The van der Waals surface area contributed by atoms with Crippen molar-refractivity contribution in [1.29, 1.82) is 0 Å². The molecule has 0 atom stereocenters. The molecule has 0 saturated carbocycles. The minimum Gasteiger partial charge on any atom is -0.296 e. The van der Waals surface area contributed by atoms with E-state index >= 15 is 0 Å². The van der Waals surface area contributed by atoms with E-state index in [4.69, 9.17) is 11.6 Å². The molecule has 0 bridgehead atoms. The van der Waals surface area contributed by atoms with Crippen LogP contribution in [0.5, 0.6) is 0 Å². The normalized spacial score (nSPS) is 10.2. The highest BCUT2D eigenvalue weighted by Gasteiger charge is 2.15. The molecule has 2 aromatic rings. The highest BCUT2D eigenvalue weighted by atomic mass is 35.5. The first-order chi connectivity index (χ1) is 8.27. The Kier molecular flexibility index (Phi) is 3.35. The Morgan fingerprint density at radius 2 is 2.18 bits per heavy atom. The Morgan fingerprint density at radius 1 is 1.41 bits per heavy atom. The zero-order valence-electron chi connectivity index (χ0n) is 9.01. The Bertz CT molecular complexity index is 563. The van der Waals surface area contributed by atoms with Gasteiger partial charge in [0.2, 0.25) is 0 Å². The lowest BCUT2D eigenvalue weighted by atomic mass is 10.1. The van der Waals surface area contributed by atoms with Gasteiger partial charge < -0.3 is 0 Å². The summed E-state index contributed by atoms with van der Waals surface area (Å²) in [5.74, 6) is 0. The van der Waals surface area contributed by atoms with Crippen LogP contribution >= 0.6 is 11.6 Å². The highest BCUT2D eigenvalue weighted by molar-refractivity contribution is 6.33. The van der Waals surface area contributed by atoms with Gasteiger partial charge in [0.1, 0.15) is 5.69 Å². The lowest BCUT2D eigenvalue weighted by molar-refractivity contribution is 0.111. The van der Waals surface area contributed by atoms with Crippen molar-refractivity contribution >= 4 is 17.9 Å². The molecule has 1 aromatic heterocycles. The first-order valence-electron chi connectivity index (χ1n) is 5.02. The molecule has 1 aromatic carbocycles. The average Bonchev–Trinajstić information content (AvgIpc) is 2.73. The fourth-order valence-corrected chi connectivity index (χ4v) is 1.81. The summed E-state index contributed by atoms with van der Waals surface area (Å²) in [4.78, 5) is 10.9. The van der Waals surface area contributed by atoms with Crippen molar-refractivity contribution in [3.8, 4) is 11.3 Å². The lowest BCUT2D eigenvalue weighted by Crippen LogP contribution is -2.01. The summed E-state index contributed by atoms with van der Waals surface area (Å²) in [6.45, 7) is 4.11. The van der Waals surface area contributed by atoms with Gasteiger partial charge in [-0.3, -0.25) is 4.79 Å². The van der Waals surface area contributed by atoms with Gasteiger partial charge in [0, 0.05) is 5.56 Å². The van der Waals surface area contributed by atoms with Gasteiger partial charge in [-0.05, 0) is 6.07 Å². The second kappa shape index (κ2) is 4.93. The molecule has 17 heavy (non-hydrogen) atoms. The predicted octanol–water partition coefficient (Wildman–Crippen LogP) is 2.60. The first-order valence-corrected chi connectivity index (χ1v) is 5.40. The molecule has 0 spiro atoms. The van der Waals surface area contributed by atoms with E-state index in [1.807, 2.05) is 18.2 Å². The number of halogens is 1. The van der Waals surface area contributed by atoms with E-state index in [2.05, 4.69) is 16.9 Å². The van der Waals surface area contributed by atoms with Crippen molar-refractivity contribution < 1.29 is 4.79 Å². The first kappa shape index (κ1) is 11.5.